The van der Waals surface area contributed by atoms with E-state index in [1.54, 1.807) is 0 Å². The number of carboxylic acids is 1. The summed E-state index contributed by atoms with van der Waals surface area (Å²) in [5, 5.41) is 19.5. The van der Waals surface area contributed by atoms with Crippen LogP contribution < -0.4 is 5.06 Å². The first-order chi connectivity index (χ1) is 10.6. The summed E-state index contributed by atoms with van der Waals surface area (Å²) >= 11 is 0. The average molecular weight is 309 g/mol. The zero-order valence-electron chi connectivity index (χ0n) is 12.8. The highest BCUT2D eigenvalue weighted by Crippen LogP contribution is 2.24. The Bertz CT molecular complexity index is 489. The van der Waals surface area contributed by atoms with Gasteiger partial charge in [0.25, 0.3) is 0 Å². The van der Waals surface area contributed by atoms with E-state index in [1.165, 1.54) is 37.5 Å². The number of nitrogens with zero attached hydrogens (tertiary/aromatic N) is 1. The first-order valence-electron chi connectivity index (χ1n) is 7.54. The largest absolute Gasteiger partial charge is 0.507 e. The van der Waals surface area contributed by atoms with Crippen LogP contribution in [0.1, 0.15) is 55.8 Å². The van der Waals surface area contributed by atoms with Crippen LogP contribution in [0.5, 0.6) is 5.75 Å². The van der Waals surface area contributed by atoms with Crippen LogP contribution in [0.4, 0.5) is 5.69 Å². The lowest BCUT2D eigenvalue weighted by Gasteiger charge is -2.17. The fourth-order valence-corrected chi connectivity index (χ4v) is 2.05. The van der Waals surface area contributed by atoms with Crippen molar-refractivity contribution in [2.24, 2.45) is 0 Å². The van der Waals surface area contributed by atoms with Gasteiger partial charge in [-0.3, -0.25) is 9.63 Å². The predicted molar refractivity (Wildman–Crippen MR) is 82.9 cm³/mol. The molecule has 0 saturated carbocycles. The van der Waals surface area contributed by atoms with Gasteiger partial charge < -0.3 is 10.2 Å². The van der Waals surface area contributed by atoms with Crippen molar-refractivity contribution in [2.75, 3.05) is 11.7 Å². The van der Waals surface area contributed by atoms with Crippen LogP contribution in [0.25, 0.3) is 0 Å². The first-order valence-corrected chi connectivity index (χ1v) is 7.54. The minimum absolute atomic E-state index is 0.217. The third-order valence-electron chi connectivity index (χ3n) is 3.29. The summed E-state index contributed by atoms with van der Waals surface area (Å²) in [6, 6.07) is 3.84. The number of aromatic carboxylic acids is 1. The number of unbranched alkanes of at least 4 members (excludes halogenated alkanes) is 5. The Balaban J connectivity index is 2.46. The van der Waals surface area contributed by atoms with E-state index in [1.807, 2.05) is 0 Å². The molecule has 0 unspecified atom stereocenters. The van der Waals surface area contributed by atoms with E-state index in [-0.39, 0.29) is 5.56 Å². The predicted octanol–water partition coefficient (Wildman–Crippen LogP) is 3.35. The number of rotatable bonds is 11. The fourth-order valence-electron chi connectivity index (χ4n) is 2.05. The van der Waals surface area contributed by atoms with Crippen LogP contribution in [-0.4, -0.2) is 29.2 Å². The number of phenols is 1. The van der Waals surface area contributed by atoms with Crippen LogP contribution in [0.3, 0.4) is 0 Å². The molecule has 0 aliphatic carbocycles. The monoisotopic (exact) mass is 309 g/mol. The minimum atomic E-state index is -1.23. The summed E-state index contributed by atoms with van der Waals surface area (Å²) in [5.74, 6) is -1.63. The number of benzene rings is 1. The molecule has 1 amide bonds. The smallest absolute Gasteiger partial charge is 0.339 e. The second-order valence-electron chi connectivity index (χ2n) is 5.04. The molecular weight excluding hydrogens is 286 g/mol. The molecule has 0 spiro atoms. The number of carbonyl (C=O) groups is 2. The molecule has 0 radical (unpaired) electrons. The van der Waals surface area contributed by atoms with Crippen molar-refractivity contribution in [3.05, 3.63) is 23.8 Å². The summed E-state index contributed by atoms with van der Waals surface area (Å²) in [6.45, 7) is 2.56. The van der Waals surface area contributed by atoms with Crippen molar-refractivity contribution >= 4 is 18.1 Å². The van der Waals surface area contributed by atoms with Gasteiger partial charge in [0.2, 0.25) is 6.41 Å². The summed E-state index contributed by atoms with van der Waals surface area (Å²) < 4.78 is 0. The molecule has 0 fully saturated rings. The second-order valence-corrected chi connectivity index (χ2v) is 5.04. The van der Waals surface area contributed by atoms with E-state index < -0.39 is 11.7 Å². The molecule has 0 atom stereocenters. The van der Waals surface area contributed by atoms with Gasteiger partial charge in [0.1, 0.15) is 11.3 Å². The van der Waals surface area contributed by atoms with E-state index in [2.05, 4.69) is 6.92 Å². The second kappa shape index (κ2) is 9.78. The first kappa shape index (κ1) is 18.0. The van der Waals surface area contributed by atoms with Gasteiger partial charge in [0.05, 0.1) is 12.3 Å². The Labute approximate surface area is 130 Å². The molecule has 0 heterocycles. The van der Waals surface area contributed by atoms with E-state index in [9.17, 15) is 14.7 Å². The van der Waals surface area contributed by atoms with Crippen LogP contribution in [-0.2, 0) is 9.63 Å². The van der Waals surface area contributed by atoms with E-state index in [0.717, 1.165) is 24.3 Å². The lowest BCUT2D eigenvalue weighted by atomic mass is 10.1. The Hall–Kier alpha value is -2.08. The molecule has 0 aliphatic heterocycles. The molecule has 1 aromatic carbocycles. The number of carboxylic acid groups (broad SMARTS) is 1. The molecule has 22 heavy (non-hydrogen) atoms. The van der Waals surface area contributed by atoms with Gasteiger partial charge in [-0.2, -0.15) is 5.06 Å². The number of carbonyl (C=O) groups excluding carboxylic acids is 1. The van der Waals surface area contributed by atoms with Crippen LogP contribution >= 0.6 is 0 Å². The van der Waals surface area contributed by atoms with Crippen molar-refractivity contribution in [1.29, 1.82) is 0 Å². The number of hydroxylamine groups is 1. The molecule has 1 aromatic rings. The van der Waals surface area contributed by atoms with E-state index in [4.69, 9.17) is 9.94 Å². The maximum absolute atomic E-state index is 11.0. The number of hydrogen-bond donors (Lipinski definition) is 2. The number of amides is 1. The zero-order valence-corrected chi connectivity index (χ0v) is 12.8. The molecule has 0 saturated heterocycles. The molecule has 6 heteroatoms. The number of aromatic hydroxyl groups is 1. The van der Waals surface area contributed by atoms with E-state index >= 15 is 0 Å². The van der Waals surface area contributed by atoms with Gasteiger partial charge in [-0.25, -0.2) is 4.79 Å². The minimum Gasteiger partial charge on any atom is -0.507 e. The van der Waals surface area contributed by atoms with Crippen LogP contribution in [0.2, 0.25) is 0 Å². The summed E-state index contributed by atoms with van der Waals surface area (Å²) in [6.07, 6.45) is 7.15. The molecule has 0 aliphatic rings. The molecule has 122 valence electrons. The maximum atomic E-state index is 11.0. The third kappa shape index (κ3) is 5.73. The normalized spacial score (nSPS) is 10.4. The highest BCUT2D eigenvalue weighted by molar-refractivity contribution is 5.91. The molecule has 1 rings (SSSR count). The van der Waals surface area contributed by atoms with Gasteiger partial charge in [-0.15, -0.1) is 0 Å². The quantitative estimate of drug-likeness (QED) is 0.372. The van der Waals surface area contributed by atoms with Gasteiger partial charge in [-0.05, 0) is 18.6 Å². The Morgan fingerprint density at radius 1 is 1.23 bits per heavy atom. The summed E-state index contributed by atoms with van der Waals surface area (Å²) in [5.41, 5.74) is 0.0778. The maximum Gasteiger partial charge on any atom is 0.339 e. The molecule has 0 aromatic heterocycles. The van der Waals surface area contributed by atoms with Crippen LogP contribution in [0.15, 0.2) is 18.2 Å². The van der Waals surface area contributed by atoms with Crippen molar-refractivity contribution in [2.45, 2.75) is 45.4 Å². The average Bonchev–Trinajstić information content (AvgIpc) is 2.49. The van der Waals surface area contributed by atoms with Crippen molar-refractivity contribution in [3.8, 4) is 5.75 Å². The lowest BCUT2D eigenvalue weighted by molar-refractivity contribution is -0.114. The highest BCUT2D eigenvalue weighted by atomic mass is 16.7. The van der Waals surface area contributed by atoms with Gasteiger partial charge >= 0.3 is 5.97 Å². The standard InChI is InChI=1S/C16H23NO5/c1-2-3-4-5-6-7-10-22-17(12-18)13-8-9-14(16(20)21)15(19)11-13/h8-9,11-12,19H,2-7,10H2,1H3,(H,20,21). The Kier molecular flexibility index (Phi) is 7.99. The highest BCUT2D eigenvalue weighted by Gasteiger charge is 2.13. The Morgan fingerprint density at radius 2 is 1.91 bits per heavy atom. The Morgan fingerprint density at radius 3 is 2.50 bits per heavy atom. The van der Waals surface area contributed by atoms with Crippen molar-refractivity contribution < 1.29 is 24.6 Å². The molecular formula is C16H23NO5. The topological polar surface area (TPSA) is 87.1 Å². The number of anilines is 1. The molecule has 0 bridgehead atoms. The zero-order chi connectivity index (χ0) is 16.4. The summed E-state index contributed by atoms with van der Waals surface area (Å²) in [7, 11) is 0. The number of hydrogen-bond acceptors (Lipinski definition) is 4. The van der Waals surface area contributed by atoms with Crippen molar-refractivity contribution in [1.82, 2.24) is 0 Å². The fraction of sp³-hybridized carbons (Fsp3) is 0.500. The third-order valence-corrected chi connectivity index (χ3v) is 3.29. The van der Waals surface area contributed by atoms with Gasteiger partial charge in [-0.1, -0.05) is 39.0 Å². The van der Waals surface area contributed by atoms with E-state index in [0.29, 0.717) is 18.7 Å². The lowest BCUT2D eigenvalue weighted by Crippen LogP contribution is -2.22. The SMILES string of the molecule is CCCCCCCCON(C=O)c1ccc(C(=O)O)c(O)c1. The molecule has 2 N–H and O–H groups in total. The molecule has 6 nitrogen and oxygen atoms in total. The van der Waals surface area contributed by atoms with Crippen molar-refractivity contribution in [3.63, 3.8) is 0 Å². The summed E-state index contributed by atoms with van der Waals surface area (Å²) in [4.78, 5) is 27.2. The van der Waals surface area contributed by atoms with Crippen LogP contribution in [0, 0.1) is 0 Å². The van der Waals surface area contributed by atoms with Gasteiger partial charge in [0.15, 0.2) is 0 Å². The van der Waals surface area contributed by atoms with Gasteiger partial charge in [0, 0.05) is 6.07 Å².